The highest BCUT2D eigenvalue weighted by Gasteiger charge is 2.16. The number of para-hydroxylation sites is 1. The Balaban J connectivity index is 1.78. The van der Waals surface area contributed by atoms with Crippen LogP contribution in [0.4, 0.5) is 0 Å². The lowest BCUT2D eigenvalue weighted by molar-refractivity contribution is -0.129. The molecule has 1 aromatic carbocycles. The molecule has 0 bridgehead atoms. The normalized spacial score (nSPS) is 11.0. The Labute approximate surface area is 122 Å². The summed E-state index contributed by atoms with van der Waals surface area (Å²) in [6.07, 6.45) is 1.82. The van der Waals surface area contributed by atoms with Crippen LogP contribution in [0.5, 0.6) is 0 Å². The van der Waals surface area contributed by atoms with Gasteiger partial charge in [0.1, 0.15) is 12.2 Å². The molecule has 0 spiro atoms. The number of H-pyrrole nitrogens is 2. The molecule has 108 valence electrons. The summed E-state index contributed by atoms with van der Waals surface area (Å²) < 4.78 is 0. The third-order valence-electron chi connectivity index (χ3n) is 3.63. The van der Waals surface area contributed by atoms with Crippen molar-refractivity contribution in [2.24, 2.45) is 0 Å². The molecule has 21 heavy (non-hydrogen) atoms. The van der Waals surface area contributed by atoms with Crippen LogP contribution in [0, 0.1) is 6.92 Å². The van der Waals surface area contributed by atoms with Gasteiger partial charge in [-0.3, -0.25) is 9.89 Å². The maximum Gasteiger partial charge on any atom is 0.227 e. The van der Waals surface area contributed by atoms with Crippen molar-refractivity contribution in [1.29, 1.82) is 0 Å². The minimum absolute atomic E-state index is 0.0549. The SMILES string of the molecule is Cc1[nH]c2ccccc2c1CC(=O)N(C)Cc1ncn[nH]1. The molecule has 0 saturated carbocycles. The minimum atomic E-state index is 0.0549. The first-order valence-corrected chi connectivity index (χ1v) is 6.79. The van der Waals surface area contributed by atoms with Crippen LogP contribution in [0.15, 0.2) is 30.6 Å². The molecule has 2 heterocycles. The highest BCUT2D eigenvalue weighted by molar-refractivity contribution is 5.90. The number of likely N-dealkylation sites (N-methyl/N-ethyl adjacent to an activating group) is 1. The molecule has 0 aliphatic carbocycles. The molecule has 0 saturated heterocycles. The van der Waals surface area contributed by atoms with Gasteiger partial charge in [0.15, 0.2) is 0 Å². The number of aromatic amines is 2. The van der Waals surface area contributed by atoms with E-state index < -0.39 is 0 Å². The predicted octanol–water partition coefficient (Wildman–Crippen LogP) is 1.80. The Hall–Kier alpha value is -2.63. The van der Waals surface area contributed by atoms with Crippen LogP contribution in [0.1, 0.15) is 17.1 Å². The van der Waals surface area contributed by atoms with Crippen LogP contribution in [-0.2, 0) is 17.8 Å². The van der Waals surface area contributed by atoms with Gasteiger partial charge < -0.3 is 9.88 Å². The molecule has 0 unspecified atom stereocenters. The van der Waals surface area contributed by atoms with Crippen molar-refractivity contribution in [1.82, 2.24) is 25.1 Å². The van der Waals surface area contributed by atoms with E-state index in [1.165, 1.54) is 6.33 Å². The summed E-state index contributed by atoms with van der Waals surface area (Å²) >= 11 is 0. The number of aromatic nitrogens is 4. The Kier molecular flexibility index (Phi) is 3.43. The summed E-state index contributed by atoms with van der Waals surface area (Å²) in [5.74, 6) is 0.737. The van der Waals surface area contributed by atoms with E-state index in [9.17, 15) is 4.79 Å². The Bertz CT molecular complexity index is 760. The number of amides is 1. The Morgan fingerprint density at radius 2 is 2.14 bits per heavy atom. The average molecular weight is 283 g/mol. The summed E-state index contributed by atoms with van der Waals surface area (Å²) in [5.41, 5.74) is 3.16. The fourth-order valence-electron chi connectivity index (χ4n) is 2.47. The second-order valence-electron chi connectivity index (χ2n) is 5.13. The van der Waals surface area contributed by atoms with E-state index in [0.29, 0.717) is 18.8 Å². The molecule has 0 atom stereocenters. The molecule has 6 nitrogen and oxygen atoms in total. The van der Waals surface area contributed by atoms with Gasteiger partial charge in [0, 0.05) is 23.6 Å². The number of hydrogen-bond acceptors (Lipinski definition) is 3. The highest BCUT2D eigenvalue weighted by Crippen LogP contribution is 2.22. The number of carbonyl (C=O) groups excluding carboxylic acids is 1. The predicted molar refractivity (Wildman–Crippen MR) is 79.6 cm³/mol. The maximum atomic E-state index is 12.4. The van der Waals surface area contributed by atoms with Crippen molar-refractivity contribution in [2.45, 2.75) is 19.9 Å². The standard InChI is InChI=1S/C15H17N5O/c1-10-12(11-5-3-4-6-13(11)18-10)7-15(21)20(2)8-14-16-9-17-19-14/h3-6,9,18H,7-8H2,1-2H3,(H,16,17,19). The van der Waals surface area contributed by atoms with E-state index in [-0.39, 0.29) is 5.91 Å². The van der Waals surface area contributed by atoms with E-state index in [1.54, 1.807) is 11.9 Å². The zero-order chi connectivity index (χ0) is 14.8. The van der Waals surface area contributed by atoms with Gasteiger partial charge in [-0.25, -0.2) is 4.98 Å². The minimum Gasteiger partial charge on any atom is -0.358 e. The first-order valence-electron chi connectivity index (χ1n) is 6.79. The van der Waals surface area contributed by atoms with E-state index in [0.717, 1.165) is 22.2 Å². The van der Waals surface area contributed by atoms with Crippen molar-refractivity contribution in [3.63, 3.8) is 0 Å². The average Bonchev–Trinajstić information content (AvgIpc) is 3.07. The van der Waals surface area contributed by atoms with Crippen LogP contribution < -0.4 is 0 Å². The third kappa shape index (κ3) is 2.65. The summed E-state index contributed by atoms with van der Waals surface area (Å²) in [6, 6.07) is 8.04. The molecule has 3 aromatic rings. The number of carbonyl (C=O) groups is 1. The van der Waals surface area contributed by atoms with Crippen molar-refractivity contribution in [2.75, 3.05) is 7.05 Å². The smallest absolute Gasteiger partial charge is 0.227 e. The zero-order valence-electron chi connectivity index (χ0n) is 12.1. The lowest BCUT2D eigenvalue weighted by Gasteiger charge is -2.15. The van der Waals surface area contributed by atoms with Gasteiger partial charge in [0.05, 0.1) is 13.0 Å². The number of aryl methyl sites for hydroxylation is 1. The van der Waals surface area contributed by atoms with Crippen LogP contribution >= 0.6 is 0 Å². The van der Waals surface area contributed by atoms with Crippen molar-refractivity contribution in [3.05, 3.63) is 47.7 Å². The number of nitrogens with zero attached hydrogens (tertiary/aromatic N) is 3. The van der Waals surface area contributed by atoms with Crippen LogP contribution in [0.3, 0.4) is 0 Å². The Morgan fingerprint density at radius 3 is 2.90 bits per heavy atom. The monoisotopic (exact) mass is 283 g/mol. The van der Waals surface area contributed by atoms with E-state index in [1.807, 2.05) is 31.2 Å². The highest BCUT2D eigenvalue weighted by atomic mass is 16.2. The molecule has 0 aliphatic rings. The largest absolute Gasteiger partial charge is 0.358 e. The summed E-state index contributed by atoms with van der Waals surface area (Å²) in [4.78, 5) is 21.4. The molecule has 1 amide bonds. The van der Waals surface area contributed by atoms with Gasteiger partial charge in [-0.2, -0.15) is 5.10 Å². The van der Waals surface area contributed by atoms with Crippen molar-refractivity contribution < 1.29 is 4.79 Å². The second kappa shape index (κ2) is 5.40. The molecule has 2 N–H and O–H groups in total. The molecule has 2 aromatic heterocycles. The number of rotatable bonds is 4. The second-order valence-corrected chi connectivity index (χ2v) is 5.13. The fraction of sp³-hybridized carbons (Fsp3) is 0.267. The number of fused-ring (bicyclic) bond motifs is 1. The summed E-state index contributed by atoms with van der Waals surface area (Å²) in [5, 5.41) is 7.66. The van der Waals surface area contributed by atoms with Gasteiger partial charge in [-0.05, 0) is 18.6 Å². The molecule has 0 radical (unpaired) electrons. The summed E-state index contributed by atoms with van der Waals surface area (Å²) in [6.45, 7) is 2.43. The van der Waals surface area contributed by atoms with Gasteiger partial charge in [-0.1, -0.05) is 18.2 Å². The molecule has 3 rings (SSSR count). The molecule has 0 aliphatic heterocycles. The number of hydrogen-bond donors (Lipinski definition) is 2. The third-order valence-corrected chi connectivity index (χ3v) is 3.63. The lowest BCUT2D eigenvalue weighted by atomic mass is 10.1. The lowest BCUT2D eigenvalue weighted by Crippen LogP contribution is -2.28. The molecule has 6 heteroatoms. The van der Waals surface area contributed by atoms with Gasteiger partial charge in [0.2, 0.25) is 5.91 Å². The van der Waals surface area contributed by atoms with Crippen molar-refractivity contribution in [3.8, 4) is 0 Å². The fourth-order valence-corrected chi connectivity index (χ4v) is 2.47. The quantitative estimate of drug-likeness (QED) is 0.766. The van der Waals surface area contributed by atoms with E-state index in [2.05, 4.69) is 20.2 Å². The molecular weight excluding hydrogens is 266 g/mol. The van der Waals surface area contributed by atoms with Gasteiger partial charge in [0.25, 0.3) is 0 Å². The van der Waals surface area contributed by atoms with Crippen LogP contribution in [0.25, 0.3) is 10.9 Å². The van der Waals surface area contributed by atoms with Crippen LogP contribution in [-0.4, -0.2) is 38.0 Å². The summed E-state index contributed by atoms with van der Waals surface area (Å²) in [7, 11) is 1.77. The van der Waals surface area contributed by atoms with Crippen LogP contribution in [0.2, 0.25) is 0 Å². The van der Waals surface area contributed by atoms with Gasteiger partial charge in [-0.15, -0.1) is 0 Å². The van der Waals surface area contributed by atoms with E-state index >= 15 is 0 Å². The topological polar surface area (TPSA) is 77.7 Å². The number of nitrogens with one attached hydrogen (secondary N) is 2. The maximum absolute atomic E-state index is 12.4. The Morgan fingerprint density at radius 1 is 1.33 bits per heavy atom. The number of benzene rings is 1. The molecular formula is C15H17N5O. The zero-order valence-corrected chi connectivity index (χ0v) is 12.1. The van der Waals surface area contributed by atoms with Crippen molar-refractivity contribution >= 4 is 16.8 Å². The van der Waals surface area contributed by atoms with Gasteiger partial charge >= 0.3 is 0 Å². The van der Waals surface area contributed by atoms with E-state index in [4.69, 9.17) is 0 Å². The first kappa shape index (κ1) is 13.4. The first-order chi connectivity index (χ1) is 10.1. The molecule has 0 fully saturated rings.